The number of nitrogens with zero attached hydrogens (tertiary/aromatic N) is 7. The van der Waals surface area contributed by atoms with Gasteiger partial charge in [-0.1, -0.05) is 30.3 Å². The van der Waals surface area contributed by atoms with E-state index in [2.05, 4.69) is 30.5 Å². The largest absolute Gasteiger partial charge is 0.318 e. The fourth-order valence-corrected chi connectivity index (χ4v) is 3.56. The summed E-state index contributed by atoms with van der Waals surface area (Å²) in [6.45, 7) is 3.62. The highest BCUT2D eigenvalue weighted by Gasteiger charge is 2.22. The summed E-state index contributed by atoms with van der Waals surface area (Å²) in [4.78, 5) is 26.4. The maximum atomic E-state index is 14.8. The Morgan fingerprint density at radius 3 is 2.67 bits per heavy atom. The van der Waals surface area contributed by atoms with Gasteiger partial charge in [-0.05, 0) is 13.8 Å². The van der Waals surface area contributed by atoms with Crippen molar-refractivity contribution in [3.8, 4) is 22.6 Å². The minimum atomic E-state index is -0.643. The fourth-order valence-electron chi connectivity index (χ4n) is 3.56. The summed E-state index contributed by atoms with van der Waals surface area (Å²) in [6, 6.07) is 10.8. The van der Waals surface area contributed by atoms with Gasteiger partial charge in [-0.3, -0.25) is 14.5 Å². The monoisotopic (exact) mass is 442 g/mol. The van der Waals surface area contributed by atoms with Crippen molar-refractivity contribution >= 4 is 17.2 Å². The van der Waals surface area contributed by atoms with Crippen LogP contribution in [0, 0.1) is 19.7 Å². The third-order valence-corrected chi connectivity index (χ3v) is 5.19. The number of hydrogen-bond donors (Lipinski definition) is 1. The first-order chi connectivity index (χ1) is 15.9. The molecule has 1 amide bonds. The van der Waals surface area contributed by atoms with Crippen LogP contribution in [0.25, 0.3) is 28.3 Å². The number of nitrogens with one attached hydrogen (secondary N) is 1. The lowest BCUT2D eigenvalue weighted by Crippen LogP contribution is -2.18. The zero-order chi connectivity index (χ0) is 23.1. The SMILES string of the molecule is Cc1cnc(C)c(-c2cnn(C)c2C(=O)Nc2cc3nc(-c4ccccc4)nn3cc2F)n1. The van der Waals surface area contributed by atoms with E-state index in [9.17, 15) is 9.18 Å². The molecule has 1 N–H and O–H groups in total. The second-order valence-corrected chi connectivity index (χ2v) is 7.57. The Hall–Kier alpha value is -4.47. The van der Waals surface area contributed by atoms with Gasteiger partial charge < -0.3 is 5.32 Å². The number of carbonyl (C=O) groups is 1. The highest BCUT2D eigenvalue weighted by Crippen LogP contribution is 2.26. The van der Waals surface area contributed by atoms with E-state index in [1.165, 1.54) is 21.5 Å². The number of pyridine rings is 1. The van der Waals surface area contributed by atoms with Crippen LogP contribution in [0.2, 0.25) is 0 Å². The van der Waals surface area contributed by atoms with E-state index in [0.717, 1.165) is 5.56 Å². The zero-order valence-electron chi connectivity index (χ0n) is 18.1. The van der Waals surface area contributed by atoms with Crippen LogP contribution in [0.3, 0.4) is 0 Å². The van der Waals surface area contributed by atoms with Crippen molar-refractivity contribution in [2.24, 2.45) is 7.05 Å². The van der Waals surface area contributed by atoms with Gasteiger partial charge in [-0.15, -0.1) is 5.10 Å². The molecule has 4 aromatic heterocycles. The van der Waals surface area contributed by atoms with Crippen molar-refractivity contribution in [2.75, 3.05) is 5.32 Å². The number of benzene rings is 1. The van der Waals surface area contributed by atoms with E-state index in [-0.39, 0.29) is 11.4 Å². The van der Waals surface area contributed by atoms with E-state index in [1.807, 2.05) is 37.3 Å². The highest BCUT2D eigenvalue weighted by molar-refractivity contribution is 6.07. The molecule has 33 heavy (non-hydrogen) atoms. The molecule has 5 rings (SSSR count). The Bertz CT molecular complexity index is 1510. The summed E-state index contributed by atoms with van der Waals surface area (Å²) in [5, 5.41) is 11.2. The number of halogens is 1. The number of aromatic nitrogens is 7. The van der Waals surface area contributed by atoms with Gasteiger partial charge in [0.05, 0.1) is 40.7 Å². The van der Waals surface area contributed by atoms with Crippen LogP contribution in [0.1, 0.15) is 21.9 Å². The minimum Gasteiger partial charge on any atom is -0.318 e. The molecule has 10 heteroatoms. The molecule has 0 saturated carbocycles. The van der Waals surface area contributed by atoms with Crippen molar-refractivity contribution in [3.05, 3.63) is 77.9 Å². The van der Waals surface area contributed by atoms with Gasteiger partial charge in [0.1, 0.15) is 5.69 Å². The van der Waals surface area contributed by atoms with Crippen LogP contribution >= 0.6 is 0 Å². The molecule has 0 aliphatic rings. The summed E-state index contributed by atoms with van der Waals surface area (Å²) in [5.74, 6) is -0.713. The standard InChI is InChI=1S/C23H19FN8O/c1-13-10-25-14(2)20(27-13)16-11-26-31(3)21(16)23(33)28-18-9-19-29-22(15-7-5-4-6-8-15)30-32(19)12-17(18)24/h4-12H,1-3H3,(H,28,33). The van der Waals surface area contributed by atoms with Crippen LogP contribution in [0.4, 0.5) is 10.1 Å². The maximum absolute atomic E-state index is 14.8. The molecule has 0 spiro atoms. The third-order valence-electron chi connectivity index (χ3n) is 5.19. The van der Waals surface area contributed by atoms with Gasteiger partial charge >= 0.3 is 0 Å². The predicted octanol–water partition coefficient (Wildman–Crippen LogP) is 3.60. The first-order valence-corrected chi connectivity index (χ1v) is 10.2. The molecule has 0 aliphatic carbocycles. The molecule has 9 nitrogen and oxygen atoms in total. The van der Waals surface area contributed by atoms with Crippen LogP contribution in [-0.4, -0.2) is 40.3 Å². The second kappa shape index (κ2) is 7.90. The number of fused-ring (bicyclic) bond motifs is 1. The third kappa shape index (κ3) is 3.71. The van der Waals surface area contributed by atoms with Crippen LogP contribution in [0.5, 0.6) is 0 Å². The summed E-state index contributed by atoms with van der Waals surface area (Å²) in [6.07, 6.45) is 4.39. The maximum Gasteiger partial charge on any atom is 0.274 e. The van der Waals surface area contributed by atoms with Crippen molar-refractivity contribution in [2.45, 2.75) is 13.8 Å². The van der Waals surface area contributed by atoms with Crippen LogP contribution in [-0.2, 0) is 7.05 Å². The van der Waals surface area contributed by atoms with Gasteiger partial charge in [0, 0.05) is 24.9 Å². The number of hydrogen-bond acceptors (Lipinski definition) is 6. The summed E-state index contributed by atoms with van der Waals surface area (Å²) in [7, 11) is 1.64. The highest BCUT2D eigenvalue weighted by atomic mass is 19.1. The lowest BCUT2D eigenvalue weighted by atomic mass is 10.1. The van der Waals surface area contributed by atoms with Gasteiger partial charge in [0.25, 0.3) is 5.91 Å². The first-order valence-electron chi connectivity index (χ1n) is 10.2. The molecule has 5 aromatic rings. The zero-order valence-corrected chi connectivity index (χ0v) is 18.1. The Morgan fingerprint density at radius 1 is 1.09 bits per heavy atom. The number of amides is 1. The first kappa shape index (κ1) is 20.4. The van der Waals surface area contributed by atoms with Crippen molar-refractivity contribution in [1.82, 2.24) is 34.3 Å². The average molecular weight is 442 g/mol. The Morgan fingerprint density at radius 2 is 1.88 bits per heavy atom. The van der Waals surface area contributed by atoms with Gasteiger partial charge in [0.2, 0.25) is 0 Å². The molecule has 0 atom stereocenters. The minimum absolute atomic E-state index is 0.0151. The summed E-state index contributed by atoms with van der Waals surface area (Å²) in [5.41, 5.74) is 3.86. The van der Waals surface area contributed by atoms with Gasteiger partial charge in [-0.2, -0.15) is 5.10 Å². The molecule has 1 aromatic carbocycles. The predicted molar refractivity (Wildman–Crippen MR) is 120 cm³/mol. The van der Waals surface area contributed by atoms with Gasteiger partial charge in [0.15, 0.2) is 17.3 Å². The number of anilines is 1. The molecule has 0 fully saturated rings. The van der Waals surface area contributed by atoms with Crippen molar-refractivity contribution in [3.63, 3.8) is 0 Å². The normalized spacial score (nSPS) is 11.2. The fraction of sp³-hybridized carbons (Fsp3) is 0.130. The summed E-state index contributed by atoms with van der Waals surface area (Å²) >= 11 is 0. The topological polar surface area (TPSA) is 103 Å². The quantitative estimate of drug-likeness (QED) is 0.456. The van der Waals surface area contributed by atoms with Crippen molar-refractivity contribution < 1.29 is 9.18 Å². The second-order valence-electron chi connectivity index (χ2n) is 7.57. The molecule has 0 bridgehead atoms. The average Bonchev–Trinajstić information content (AvgIpc) is 3.39. The molecule has 0 radical (unpaired) electrons. The molecule has 164 valence electrons. The summed E-state index contributed by atoms with van der Waals surface area (Å²) < 4.78 is 17.6. The Labute approximate surface area is 188 Å². The Kier molecular flexibility index (Phi) is 4.89. The molecule has 0 saturated heterocycles. The van der Waals surface area contributed by atoms with Crippen LogP contribution in [0.15, 0.2) is 55.0 Å². The van der Waals surface area contributed by atoms with E-state index in [0.29, 0.717) is 34.1 Å². The van der Waals surface area contributed by atoms with E-state index in [4.69, 9.17) is 0 Å². The molecular weight excluding hydrogens is 423 g/mol. The molecule has 0 aliphatic heterocycles. The number of rotatable bonds is 4. The van der Waals surface area contributed by atoms with Gasteiger partial charge in [-0.25, -0.2) is 18.9 Å². The smallest absolute Gasteiger partial charge is 0.274 e. The van der Waals surface area contributed by atoms with E-state index in [1.54, 1.807) is 26.4 Å². The lowest BCUT2D eigenvalue weighted by Gasteiger charge is -2.10. The van der Waals surface area contributed by atoms with Crippen LogP contribution < -0.4 is 5.32 Å². The Balaban J connectivity index is 1.51. The van der Waals surface area contributed by atoms with Crippen molar-refractivity contribution in [1.29, 1.82) is 0 Å². The van der Waals surface area contributed by atoms with E-state index >= 15 is 0 Å². The molecular formula is C23H19FN8O. The lowest BCUT2D eigenvalue weighted by molar-refractivity contribution is 0.101. The molecule has 4 heterocycles. The number of carbonyl (C=O) groups excluding carboxylic acids is 1. The molecule has 0 unspecified atom stereocenters. The number of aryl methyl sites for hydroxylation is 3. The van der Waals surface area contributed by atoms with E-state index < -0.39 is 11.7 Å².